The number of benzene rings is 2. The molecule has 0 bridgehead atoms. The van der Waals surface area contributed by atoms with Crippen molar-refractivity contribution in [1.29, 1.82) is 0 Å². The largest absolute Gasteiger partial charge is 0.493 e. The summed E-state index contributed by atoms with van der Waals surface area (Å²) in [7, 11) is 6.04. The second-order valence-electron chi connectivity index (χ2n) is 6.93. The maximum absolute atomic E-state index is 13.7. The van der Waals surface area contributed by atoms with Crippen molar-refractivity contribution in [2.45, 2.75) is 12.7 Å². The normalized spacial score (nSPS) is 12.5. The molecule has 3 N–H and O–H groups in total. The van der Waals surface area contributed by atoms with E-state index in [9.17, 15) is 4.79 Å². The van der Waals surface area contributed by atoms with Gasteiger partial charge in [-0.3, -0.25) is 4.79 Å². The third kappa shape index (κ3) is 3.51. The summed E-state index contributed by atoms with van der Waals surface area (Å²) in [6.07, 6.45) is -0.453. The molecule has 0 radical (unpaired) electrons. The summed E-state index contributed by atoms with van der Waals surface area (Å²) in [4.78, 5) is 17.1. The molecule has 9 nitrogen and oxygen atoms in total. The van der Waals surface area contributed by atoms with Crippen LogP contribution in [0.2, 0.25) is 0 Å². The van der Waals surface area contributed by atoms with E-state index >= 15 is 0 Å². The van der Waals surface area contributed by atoms with Gasteiger partial charge in [-0.2, -0.15) is 0 Å². The molecule has 9 heteroatoms. The van der Waals surface area contributed by atoms with Gasteiger partial charge in [-0.15, -0.1) is 0 Å². The summed E-state index contributed by atoms with van der Waals surface area (Å²) in [5.74, 6) is 1.92. The smallest absolute Gasteiger partial charge is 0.231 e. The Kier molecular flexibility index (Phi) is 5.62. The lowest BCUT2D eigenvalue weighted by Crippen LogP contribution is -2.23. The van der Waals surface area contributed by atoms with Crippen LogP contribution >= 0.6 is 0 Å². The van der Waals surface area contributed by atoms with E-state index in [1.54, 1.807) is 24.3 Å². The van der Waals surface area contributed by atoms with Crippen LogP contribution in [-0.4, -0.2) is 46.5 Å². The van der Waals surface area contributed by atoms with Gasteiger partial charge >= 0.3 is 0 Å². The van der Waals surface area contributed by atoms with Crippen molar-refractivity contribution >= 4 is 16.6 Å². The van der Waals surface area contributed by atoms with Crippen molar-refractivity contribution in [2.24, 2.45) is 0 Å². The highest BCUT2D eigenvalue weighted by Gasteiger charge is 2.25. The van der Waals surface area contributed by atoms with Gasteiger partial charge in [-0.1, -0.05) is 0 Å². The number of pyridine rings is 1. The van der Waals surface area contributed by atoms with E-state index in [1.807, 2.05) is 0 Å². The van der Waals surface area contributed by atoms with E-state index in [1.165, 1.54) is 28.4 Å². The molecule has 1 aliphatic heterocycles. The molecule has 164 valence electrons. The summed E-state index contributed by atoms with van der Waals surface area (Å²) in [6, 6.07) is 6.94. The highest BCUT2D eigenvalue weighted by Crippen LogP contribution is 2.41. The average Bonchev–Trinajstić information content (AvgIpc) is 3.24. The molecule has 1 aromatic heterocycles. The Hall–Kier alpha value is -3.43. The van der Waals surface area contributed by atoms with Gasteiger partial charge in [0.1, 0.15) is 0 Å². The number of nitrogens with one attached hydrogen (secondary N) is 1. The summed E-state index contributed by atoms with van der Waals surface area (Å²) >= 11 is 0. The fraction of sp³-hybridized carbons (Fsp3) is 0.318. The molecule has 0 amide bonds. The van der Waals surface area contributed by atoms with Gasteiger partial charge in [0.2, 0.25) is 6.79 Å². The van der Waals surface area contributed by atoms with Gasteiger partial charge < -0.3 is 39.1 Å². The lowest BCUT2D eigenvalue weighted by Gasteiger charge is -2.19. The van der Waals surface area contributed by atoms with Crippen LogP contribution in [0.4, 0.5) is 5.69 Å². The predicted octanol–water partition coefficient (Wildman–Crippen LogP) is 2.68. The van der Waals surface area contributed by atoms with E-state index in [0.717, 1.165) is 0 Å². The Morgan fingerprint density at radius 3 is 2.42 bits per heavy atom. The molecule has 0 unspecified atom stereocenters. The van der Waals surface area contributed by atoms with Crippen molar-refractivity contribution in [3.63, 3.8) is 0 Å². The lowest BCUT2D eigenvalue weighted by atomic mass is 9.98. The Labute approximate surface area is 178 Å². The number of hydrogen-bond acceptors (Lipinski definition) is 8. The molecule has 0 fully saturated rings. The average molecular weight is 428 g/mol. The van der Waals surface area contributed by atoms with Crippen LogP contribution in [0.25, 0.3) is 22.2 Å². The van der Waals surface area contributed by atoms with Crippen molar-refractivity contribution in [2.75, 3.05) is 41.0 Å². The zero-order chi connectivity index (χ0) is 22.1. The topological polar surface area (TPSA) is 114 Å². The molecule has 0 saturated carbocycles. The summed E-state index contributed by atoms with van der Waals surface area (Å²) in [6.45, 7) is 0.117. The second-order valence-corrected chi connectivity index (χ2v) is 6.93. The van der Waals surface area contributed by atoms with Crippen molar-refractivity contribution in [3.05, 3.63) is 40.1 Å². The SMILES string of the molecule is COc1ccc2[nH]c(-c3cc4c(cc3N)OCO4)c(CC(OC)OC)c(=O)c2c1OC. The van der Waals surface area contributed by atoms with Crippen LogP contribution in [0.5, 0.6) is 23.0 Å². The number of nitrogen functional groups attached to an aromatic ring is 1. The van der Waals surface area contributed by atoms with Crippen LogP contribution in [0, 0.1) is 0 Å². The fourth-order valence-electron chi connectivity index (χ4n) is 3.76. The summed E-state index contributed by atoms with van der Waals surface area (Å²) in [5.41, 5.74) is 8.67. The second kappa shape index (κ2) is 8.37. The minimum Gasteiger partial charge on any atom is -0.493 e. The molecular formula is C22H24N2O7. The lowest BCUT2D eigenvalue weighted by molar-refractivity contribution is -0.100. The van der Waals surface area contributed by atoms with E-state index in [-0.39, 0.29) is 18.6 Å². The maximum atomic E-state index is 13.7. The number of anilines is 1. The highest BCUT2D eigenvalue weighted by atomic mass is 16.7. The third-order valence-corrected chi connectivity index (χ3v) is 5.32. The van der Waals surface area contributed by atoms with Crippen LogP contribution in [0.1, 0.15) is 5.56 Å². The number of hydrogen-bond donors (Lipinski definition) is 2. The first kappa shape index (κ1) is 20.8. The molecule has 0 atom stereocenters. The number of methoxy groups -OCH3 is 4. The first-order valence-electron chi connectivity index (χ1n) is 9.57. The molecule has 31 heavy (non-hydrogen) atoms. The number of H-pyrrole nitrogens is 1. The highest BCUT2D eigenvalue weighted by molar-refractivity contribution is 5.92. The minimum absolute atomic E-state index is 0.117. The first-order chi connectivity index (χ1) is 15.0. The van der Waals surface area contributed by atoms with Crippen LogP contribution in [0.3, 0.4) is 0 Å². The van der Waals surface area contributed by atoms with E-state index in [4.69, 9.17) is 34.2 Å². The molecule has 2 aromatic carbocycles. The zero-order valence-corrected chi connectivity index (χ0v) is 17.7. The molecule has 3 aromatic rings. The van der Waals surface area contributed by atoms with Gasteiger partial charge in [-0.25, -0.2) is 0 Å². The van der Waals surface area contributed by atoms with Gasteiger partial charge in [-0.05, 0) is 18.2 Å². The standard InChI is InChI=1S/C22H24N2O7/c1-26-15-6-5-14-19(22(15)29-4)21(25)12(8-18(27-2)28-3)20(24-14)11-7-16-17(9-13(11)23)31-10-30-16/h5-7,9,18H,8,10,23H2,1-4H3,(H,24,25). The quantitative estimate of drug-likeness (QED) is 0.436. The Morgan fingerprint density at radius 2 is 1.77 bits per heavy atom. The number of aromatic nitrogens is 1. The number of ether oxygens (including phenoxy) is 6. The van der Waals surface area contributed by atoms with Gasteiger partial charge in [0, 0.05) is 43.5 Å². The molecule has 2 heterocycles. The van der Waals surface area contributed by atoms with Gasteiger partial charge in [0.25, 0.3) is 0 Å². The minimum atomic E-state index is -0.635. The van der Waals surface area contributed by atoms with Gasteiger partial charge in [0.05, 0.1) is 30.8 Å². The predicted molar refractivity (Wildman–Crippen MR) is 115 cm³/mol. The molecule has 1 aliphatic rings. The Bertz CT molecular complexity index is 1180. The van der Waals surface area contributed by atoms with Crippen molar-refractivity contribution < 1.29 is 28.4 Å². The zero-order valence-electron chi connectivity index (χ0n) is 17.7. The summed E-state index contributed by atoms with van der Waals surface area (Å²) < 4.78 is 32.5. The van der Waals surface area contributed by atoms with E-state index < -0.39 is 6.29 Å². The van der Waals surface area contributed by atoms with Crippen LogP contribution < -0.4 is 30.1 Å². The molecule has 0 saturated heterocycles. The molecule has 4 rings (SSSR count). The van der Waals surface area contributed by atoms with Gasteiger partial charge in [0.15, 0.2) is 34.7 Å². The van der Waals surface area contributed by atoms with Crippen LogP contribution in [0.15, 0.2) is 29.1 Å². The fourth-order valence-corrected chi connectivity index (χ4v) is 3.76. The third-order valence-electron chi connectivity index (χ3n) is 5.32. The molecular weight excluding hydrogens is 404 g/mol. The maximum Gasteiger partial charge on any atom is 0.231 e. The molecule has 0 spiro atoms. The number of fused-ring (bicyclic) bond motifs is 2. The molecule has 0 aliphatic carbocycles. The summed E-state index contributed by atoms with van der Waals surface area (Å²) in [5, 5.41) is 0.367. The number of rotatable bonds is 7. The monoisotopic (exact) mass is 428 g/mol. The van der Waals surface area contributed by atoms with Crippen molar-refractivity contribution in [1.82, 2.24) is 4.98 Å². The van der Waals surface area contributed by atoms with E-state index in [0.29, 0.717) is 56.4 Å². The number of aromatic amines is 1. The van der Waals surface area contributed by atoms with E-state index in [2.05, 4.69) is 4.98 Å². The van der Waals surface area contributed by atoms with Crippen molar-refractivity contribution in [3.8, 4) is 34.3 Å². The Morgan fingerprint density at radius 1 is 1.06 bits per heavy atom. The van der Waals surface area contributed by atoms with Crippen LogP contribution in [-0.2, 0) is 15.9 Å². The number of nitrogens with two attached hydrogens (primary N) is 1. The first-order valence-corrected chi connectivity index (χ1v) is 9.57. The Balaban J connectivity index is 2.04.